The molecular formula is C17H28N2O. The largest absolute Gasteiger partial charge is 0.361 e. The molecule has 1 unspecified atom stereocenters. The van der Waals surface area contributed by atoms with Crippen LogP contribution in [0.4, 0.5) is 0 Å². The maximum Gasteiger partial charge on any atom is 0.137 e. The van der Waals surface area contributed by atoms with Gasteiger partial charge in [-0.3, -0.25) is 0 Å². The van der Waals surface area contributed by atoms with E-state index in [1.54, 1.807) is 7.05 Å². The first-order chi connectivity index (χ1) is 9.76. The molecular weight excluding hydrogens is 248 g/mol. The predicted molar refractivity (Wildman–Crippen MR) is 88.3 cm³/mol. The van der Waals surface area contributed by atoms with Crippen molar-refractivity contribution in [2.75, 3.05) is 7.05 Å². The van der Waals surface area contributed by atoms with Crippen molar-refractivity contribution in [3.63, 3.8) is 0 Å². The van der Waals surface area contributed by atoms with Crippen molar-refractivity contribution >= 4 is 17.2 Å². The van der Waals surface area contributed by atoms with Gasteiger partial charge >= 0.3 is 0 Å². The summed E-state index contributed by atoms with van der Waals surface area (Å²) in [5.41, 5.74) is 3.58. The van der Waals surface area contributed by atoms with Gasteiger partial charge in [0.1, 0.15) is 6.29 Å². The molecule has 0 aliphatic heterocycles. The number of rotatable bonds is 4. The Hall–Kier alpha value is -1.61. The number of hydrogen-bond donors (Lipinski definition) is 2. The summed E-state index contributed by atoms with van der Waals surface area (Å²) in [6, 6.07) is 6.10. The maximum absolute atomic E-state index is 10.8. The second-order valence-electron chi connectivity index (χ2n) is 4.05. The summed E-state index contributed by atoms with van der Waals surface area (Å²) in [6.45, 7) is 10.1. The van der Waals surface area contributed by atoms with Gasteiger partial charge in [0.15, 0.2) is 0 Å². The van der Waals surface area contributed by atoms with Crippen LogP contribution in [0, 0.1) is 6.92 Å². The van der Waals surface area contributed by atoms with Gasteiger partial charge in [-0.15, -0.1) is 0 Å². The van der Waals surface area contributed by atoms with Crippen LogP contribution in [-0.2, 0) is 11.2 Å². The molecule has 1 aromatic carbocycles. The van der Waals surface area contributed by atoms with Crippen LogP contribution < -0.4 is 5.32 Å². The number of aromatic amines is 1. The summed E-state index contributed by atoms with van der Waals surface area (Å²) in [5, 5.41) is 4.20. The second kappa shape index (κ2) is 10.2. The molecule has 3 heteroatoms. The molecule has 0 aliphatic rings. The zero-order valence-corrected chi connectivity index (χ0v) is 13.6. The summed E-state index contributed by atoms with van der Waals surface area (Å²) in [7, 11) is 1.80. The molecule has 2 aromatic rings. The lowest BCUT2D eigenvalue weighted by Crippen LogP contribution is -2.28. The number of carbonyl (C=O) groups excluding carboxylic acids is 1. The highest BCUT2D eigenvalue weighted by molar-refractivity contribution is 5.86. The number of aldehydes is 1. The molecule has 0 aliphatic carbocycles. The molecule has 112 valence electrons. The number of H-pyrrole nitrogens is 1. The van der Waals surface area contributed by atoms with Gasteiger partial charge in [0.05, 0.1) is 6.04 Å². The average molecular weight is 276 g/mol. The van der Waals surface area contributed by atoms with Crippen LogP contribution in [0.2, 0.25) is 0 Å². The van der Waals surface area contributed by atoms with Gasteiger partial charge in [0, 0.05) is 17.1 Å². The second-order valence-corrected chi connectivity index (χ2v) is 4.05. The smallest absolute Gasteiger partial charge is 0.137 e. The number of benzene rings is 1. The molecule has 2 rings (SSSR count). The zero-order valence-electron chi connectivity index (χ0n) is 13.6. The Balaban J connectivity index is 0.000000829. The standard InChI is InChI=1S/C13H16N2O.2C2H6/c1-9-4-3-5-12-10(7-15-13(9)12)6-11(8-16)14-2;2*1-2/h3-5,7-8,11,14-15H,6H2,1-2H3;2*1-2H3. The van der Waals surface area contributed by atoms with E-state index in [0.717, 1.165) is 12.7 Å². The SMILES string of the molecule is CC.CC.CNC(C=O)Cc1c[nH]c2c(C)cccc12. The Kier molecular flexibility index (Phi) is 9.39. The van der Waals surface area contributed by atoms with E-state index in [9.17, 15) is 4.79 Å². The minimum Gasteiger partial charge on any atom is -0.361 e. The first kappa shape index (κ1) is 18.4. The van der Waals surface area contributed by atoms with E-state index in [-0.39, 0.29) is 6.04 Å². The van der Waals surface area contributed by atoms with Gasteiger partial charge in [-0.2, -0.15) is 0 Å². The highest BCUT2D eigenvalue weighted by Crippen LogP contribution is 2.21. The van der Waals surface area contributed by atoms with Crippen molar-refractivity contribution in [1.29, 1.82) is 0 Å². The van der Waals surface area contributed by atoms with Crippen LogP contribution in [0.5, 0.6) is 0 Å². The summed E-state index contributed by atoms with van der Waals surface area (Å²) < 4.78 is 0. The Morgan fingerprint density at radius 1 is 1.25 bits per heavy atom. The number of aryl methyl sites for hydroxylation is 1. The fraction of sp³-hybridized carbons (Fsp3) is 0.471. The van der Waals surface area contributed by atoms with E-state index < -0.39 is 0 Å². The molecule has 0 amide bonds. The molecule has 2 N–H and O–H groups in total. The van der Waals surface area contributed by atoms with Crippen molar-refractivity contribution < 1.29 is 4.79 Å². The van der Waals surface area contributed by atoms with Crippen molar-refractivity contribution in [2.45, 2.75) is 47.1 Å². The molecule has 0 saturated heterocycles. The summed E-state index contributed by atoms with van der Waals surface area (Å²) in [5.74, 6) is 0. The van der Waals surface area contributed by atoms with Gasteiger partial charge in [-0.1, -0.05) is 45.9 Å². The Morgan fingerprint density at radius 2 is 1.90 bits per heavy atom. The lowest BCUT2D eigenvalue weighted by Gasteiger charge is -2.07. The summed E-state index contributed by atoms with van der Waals surface area (Å²) >= 11 is 0. The number of nitrogens with one attached hydrogen (secondary N) is 2. The van der Waals surface area contributed by atoms with E-state index in [2.05, 4.69) is 29.4 Å². The van der Waals surface area contributed by atoms with E-state index in [0.29, 0.717) is 0 Å². The van der Waals surface area contributed by atoms with Crippen LogP contribution >= 0.6 is 0 Å². The van der Waals surface area contributed by atoms with Crippen LogP contribution in [0.3, 0.4) is 0 Å². The van der Waals surface area contributed by atoms with E-state index in [1.807, 2.05) is 40.0 Å². The van der Waals surface area contributed by atoms with Gasteiger partial charge < -0.3 is 15.1 Å². The zero-order chi connectivity index (χ0) is 15.5. The fourth-order valence-corrected chi connectivity index (χ4v) is 1.99. The molecule has 0 radical (unpaired) electrons. The van der Waals surface area contributed by atoms with Crippen molar-refractivity contribution in [3.05, 3.63) is 35.5 Å². The number of hydrogen-bond acceptors (Lipinski definition) is 2. The highest BCUT2D eigenvalue weighted by Gasteiger charge is 2.10. The highest BCUT2D eigenvalue weighted by atomic mass is 16.1. The molecule has 0 saturated carbocycles. The number of aromatic nitrogens is 1. The maximum atomic E-state index is 10.8. The lowest BCUT2D eigenvalue weighted by atomic mass is 10.0. The number of carbonyl (C=O) groups is 1. The third-order valence-electron chi connectivity index (χ3n) is 2.98. The van der Waals surface area contributed by atoms with Crippen molar-refractivity contribution in [1.82, 2.24) is 10.3 Å². The van der Waals surface area contributed by atoms with E-state index >= 15 is 0 Å². The average Bonchev–Trinajstić information content (AvgIpc) is 2.93. The van der Waals surface area contributed by atoms with Crippen LogP contribution in [0.25, 0.3) is 10.9 Å². The van der Waals surface area contributed by atoms with Gasteiger partial charge in [-0.05, 0) is 31.5 Å². The topological polar surface area (TPSA) is 44.9 Å². The van der Waals surface area contributed by atoms with Crippen LogP contribution in [-0.4, -0.2) is 24.4 Å². The van der Waals surface area contributed by atoms with Gasteiger partial charge in [-0.25, -0.2) is 0 Å². The minimum atomic E-state index is -0.112. The predicted octanol–water partition coefficient (Wildman–Crippen LogP) is 3.86. The lowest BCUT2D eigenvalue weighted by molar-refractivity contribution is -0.109. The van der Waals surface area contributed by atoms with Gasteiger partial charge in [0.25, 0.3) is 0 Å². The monoisotopic (exact) mass is 276 g/mol. The molecule has 1 atom stereocenters. The van der Waals surface area contributed by atoms with Crippen molar-refractivity contribution in [3.8, 4) is 0 Å². The Bertz CT molecular complexity index is 503. The Labute approximate surface area is 122 Å². The number of likely N-dealkylation sites (N-methyl/N-ethyl adjacent to an activating group) is 1. The number of fused-ring (bicyclic) bond motifs is 1. The fourth-order valence-electron chi connectivity index (χ4n) is 1.99. The van der Waals surface area contributed by atoms with Crippen LogP contribution in [0.1, 0.15) is 38.8 Å². The Morgan fingerprint density at radius 3 is 2.45 bits per heavy atom. The first-order valence-electron chi connectivity index (χ1n) is 7.44. The molecule has 0 fully saturated rings. The quantitative estimate of drug-likeness (QED) is 0.833. The minimum absolute atomic E-state index is 0.112. The molecule has 3 nitrogen and oxygen atoms in total. The third-order valence-corrected chi connectivity index (χ3v) is 2.98. The molecule has 0 spiro atoms. The van der Waals surface area contributed by atoms with E-state index in [4.69, 9.17) is 0 Å². The molecule has 1 heterocycles. The number of para-hydroxylation sites is 1. The first-order valence-corrected chi connectivity index (χ1v) is 7.44. The molecule has 1 aromatic heterocycles. The van der Waals surface area contributed by atoms with Gasteiger partial charge in [0.2, 0.25) is 0 Å². The third kappa shape index (κ3) is 4.49. The van der Waals surface area contributed by atoms with Crippen molar-refractivity contribution in [2.24, 2.45) is 0 Å². The summed E-state index contributed by atoms with van der Waals surface area (Å²) in [6.07, 6.45) is 3.67. The molecule has 20 heavy (non-hydrogen) atoms. The van der Waals surface area contributed by atoms with E-state index in [1.165, 1.54) is 22.0 Å². The molecule has 0 bridgehead atoms. The summed E-state index contributed by atoms with van der Waals surface area (Å²) in [4.78, 5) is 14.1. The normalized spacial score (nSPS) is 10.9. The van der Waals surface area contributed by atoms with Crippen LogP contribution in [0.15, 0.2) is 24.4 Å².